The van der Waals surface area contributed by atoms with E-state index in [0.717, 1.165) is 41.5 Å². The van der Waals surface area contributed by atoms with Crippen LogP contribution in [0, 0.1) is 5.92 Å². The van der Waals surface area contributed by atoms with Crippen molar-refractivity contribution in [1.29, 1.82) is 0 Å². The van der Waals surface area contributed by atoms with Gasteiger partial charge in [-0.3, -0.25) is 10.1 Å². The van der Waals surface area contributed by atoms with Gasteiger partial charge in [0.05, 0.1) is 18.2 Å². The van der Waals surface area contributed by atoms with Crippen LogP contribution in [-0.4, -0.2) is 23.7 Å². The van der Waals surface area contributed by atoms with Gasteiger partial charge in [0.15, 0.2) is 11.5 Å². The summed E-state index contributed by atoms with van der Waals surface area (Å²) in [5.41, 5.74) is 4.84. The first-order valence-corrected chi connectivity index (χ1v) is 12.7. The molecule has 3 aromatic rings. The van der Waals surface area contributed by atoms with Crippen molar-refractivity contribution < 1.29 is 19.4 Å². The van der Waals surface area contributed by atoms with Gasteiger partial charge in [-0.25, -0.2) is 4.79 Å². The van der Waals surface area contributed by atoms with E-state index >= 15 is 0 Å². The average molecular weight is 487 g/mol. The molecule has 0 radical (unpaired) electrons. The van der Waals surface area contributed by atoms with Gasteiger partial charge in [-0.1, -0.05) is 88.2 Å². The maximum Gasteiger partial charge on any atom is 0.322 e. The van der Waals surface area contributed by atoms with Gasteiger partial charge in [-0.15, -0.1) is 0 Å². The van der Waals surface area contributed by atoms with Crippen LogP contribution in [0.2, 0.25) is 0 Å². The Labute approximate surface area is 212 Å². The third kappa shape index (κ3) is 5.38. The van der Waals surface area contributed by atoms with Gasteiger partial charge in [-0.05, 0) is 52.6 Å². The largest absolute Gasteiger partial charge is 0.504 e. The Hall–Kier alpha value is -3.80. The zero-order valence-corrected chi connectivity index (χ0v) is 21.1. The molecule has 3 N–H and O–H groups in total. The molecule has 3 aromatic carbocycles. The average Bonchev–Trinajstić information content (AvgIpc) is 3.16. The highest BCUT2D eigenvalue weighted by molar-refractivity contribution is 6.07. The van der Waals surface area contributed by atoms with Crippen molar-refractivity contribution in [2.24, 2.45) is 5.92 Å². The van der Waals surface area contributed by atoms with Gasteiger partial charge in [0.25, 0.3) is 5.91 Å². The first kappa shape index (κ1) is 25.3. The third-order valence-electron chi connectivity index (χ3n) is 6.42. The number of urea groups is 1. The van der Waals surface area contributed by atoms with Gasteiger partial charge in [0, 0.05) is 0 Å². The zero-order valence-electron chi connectivity index (χ0n) is 21.1. The minimum atomic E-state index is -0.653. The maximum atomic E-state index is 13.3. The quantitative estimate of drug-likeness (QED) is 0.307. The van der Waals surface area contributed by atoms with Gasteiger partial charge >= 0.3 is 6.03 Å². The normalized spacial score (nSPS) is 12.2. The second-order valence-corrected chi connectivity index (χ2v) is 9.64. The minimum Gasteiger partial charge on any atom is -0.504 e. The number of carbonyl (C=O) groups is 2. The topological polar surface area (TPSA) is 87.7 Å². The number of amides is 3. The lowest BCUT2D eigenvalue weighted by Crippen LogP contribution is -2.41. The highest BCUT2D eigenvalue weighted by atomic mass is 16.5. The Morgan fingerprint density at radius 2 is 1.58 bits per heavy atom. The summed E-state index contributed by atoms with van der Waals surface area (Å²) in [6, 6.07) is 18.3. The van der Waals surface area contributed by atoms with Crippen LogP contribution in [0.1, 0.15) is 73.1 Å². The van der Waals surface area contributed by atoms with Gasteiger partial charge in [0.1, 0.15) is 0 Å². The highest BCUT2D eigenvalue weighted by Crippen LogP contribution is 2.43. The number of benzene rings is 3. The molecule has 36 heavy (non-hydrogen) atoms. The van der Waals surface area contributed by atoms with Crippen LogP contribution >= 0.6 is 0 Å². The minimum absolute atomic E-state index is 0.0825. The van der Waals surface area contributed by atoms with Crippen molar-refractivity contribution in [2.45, 2.75) is 52.5 Å². The summed E-state index contributed by atoms with van der Waals surface area (Å²) in [4.78, 5) is 26.3. The second kappa shape index (κ2) is 11.3. The molecule has 0 aromatic heterocycles. The fourth-order valence-corrected chi connectivity index (χ4v) is 4.77. The summed E-state index contributed by atoms with van der Waals surface area (Å²) in [6.45, 7) is 6.63. The first-order valence-electron chi connectivity index (χ1n) is 12.7. The molecule has 6 heteroatoms. The monoisotopic (exact) mass is 486 g/mol. The molecule has 1 aliphatic carbocycles. The van der Waals surface area contributed by atoms with Crippen molar-refractivity contribution in [2.75, 3.05) is 6.61 Å². The SMILES string of the molecule is CCCCCOc1ccc(CC(C)C)c(C(=O)NC(=O)NC2c3ccccc3-c3ccccc32)c1O. The molecule has 188 valence electrons. The van der Waals surface area contributed by atoms with Gasteiger partial charge in [-0.2, -0.15) is 0 Å². The van der Waals surface area contributed by atoms with Gasteiger partial charge < -0.3 is 15.2 Å². The van der Waals surface area contributed by atoms with Crippen LogP contribution < -0.4 is 15.4 Å². The third-order valence-corrected chi connectivity index (χ3v) is 6.42. The van der Waals surface area contributed by atoms with E-state index in [1.54, 1.807) is 12.1 Å². The maximum absolute atomic E-state index is 13.3. The molecule has 0 bridgehead atoms. The number of phenolic OH excluding ortho intramolecular Hbond substituents is 1. The molecule has 0 saturated heterocycles. The molecule has 4 rings (SSSR count). The van der Waals surface area contributed by atoms with Crippen molar-refractivity contribution in [3.8, 4) is 22.6 Å². The van der Waals surface area contributed by atoms with Crippen molar-refractivity contribution in [3.05, 3.63) is 82.9 Å². The lowest BCUT2D eigenvalue weighted by atomic mass is 9.96. The van der Waals surface area contributed by atoms with Crippen LogP contribution in [-0.2, 0) is 6.42 Å². The molecule has 0 unspecified atom stereocenters. The lowest BCUT2D eigenvalue weighted by molar-refractivity contribution is 0.0959. The molecule has 3 amide bonds. The van der Waals surface area contributed by atoms with Crippen LogP contribution in [0.4, 0.5) is 4.79 Å². The fourth-order valence-electron chi connectivity index (χ4n) is 4.77. The van der Waals surface area contributed by atoms with E-state index in [-0.39, 0.29) is 29.0 Å². The first-order chi connectivity index (χ1) is 17.4. The predicted octanol–water partition coefficient (Wildman–Crippen LogP) is 6.37. The molecular formula is C30H34N2O4. The van der Waals surface area contributed by atoms with Crippen molar-refractivity contribution in [1.82, 2.24) is 10.6 Å². The Morgan fingerprint density at radius 3 is 2.19 bits per heavy atom. The summed E-state index contributed by atoms with van der Waals surface area (Å²) < 4.78 is 5.75. The summed E-state index contributed by atoms with van der Waals surface area (Å²) in [5.74, 6) is -0.374. The van der Waals surface area contributed by atoms with Crippen molar-refractivity contribution in [3.63, 3.8) is 0 Å². The van der Waals surface area contributed by atoms with E-state index in [1.807, 2.05) is 62.4 Å². The number of phenols is 1. The molecule has 0 spiro atoms. The predicted molar refractivity (Wildman–Crippen MR) is 141 cm³/mol. The second-order valence-electron chi connectivity index (χ2n) is 9.64. The summed E-state index contributed by atoms with van der Waals surface area (Å²) in [5, 5.41) is 16.3. The number of aromatic hydroxyl groups is 1. The summed E-state index contributed by atoms with van der Waals surface area (Å²) in [7, 11) is 0. The van der Waals surface area contributed by atoms with Crippen molar-refractivity contribution >= 4 is 11.9 Å². The lowest BCUT2D eigenvalue weighted by Gasteiger charge is -2.18. The Kier molecular flexibility index (Phi) is 7.93. The number of ether oxygens (including phenoxy) is 1. The van der Waals surface area contributed by atoms with Crippen LogP contribution in [0.15, 0.2) is 60.7 Å². The molecule has 1 aliphatic rings. The standard InChI is InChI=1S/C30H34N2O4/c1-4-5-10-17-36-25-16-15-20(18-19(2)3)26(28(25)33)29(34)32-30(35)31-27-23-13-8-6-11-21(23)22-12-7-9-14-24(22)27/h6-9,11-16,19,27,33H,4-5,10,17-18H2,1-3H3,(H2,31,32,34,35). The van der Waals surface area contributed by atoms with E-state index in [9.17, 15) is 14.7 Å². The van der Waals surface area contributed by atoms with E-state index in [4.69, 9.17) is 4.74 Å². The highest BCUT2D eigenvalue weighted by Gasteiger charge is 2.30. The summed E-state index contributed by atoms with van der Waals surface area (Å²) in [6.07, 6.45) is 3.52. The van der Waals surface area contributed by atoms with Crippen LogP contribution in [0.25, 0.3) is 11.1 Å². The van der Waals surface area contributed by atoms with E-state index in [1.165, 1.54) is 0 Å². The molecule has 0 heterocycles. The number of rotatable bonds is 9. The molecule has 0 aliphatic heterocycles. The van der Waals surface area contributed by atoms with E-state index < -0.39 is 11.9 Å². The van der Waals surface area contributed by atoms with Crippen LogP contribution in [0.3, 0.4) is 0 Å². The fraction of sp³-hybridized carbons (Fsp3) is 0.333. The van der Waals surface area contributed by atoms with E-state index in [2.05, 4.69) is 17.6 Å². The number of imide groups is 1. The van der Waals surface area contributed by atoms with Gasteiger partial charge in [0.2, 0.25) is 0 Å². The Bertz CT molecular complexity index is 1210. The summed E-state index contributed by atoms with van der Waals surface area (Å²) >= 11 is 0. The molecule has 0 fully saturated rings. The number of hydrogen-bond acceptors (Lipinski definition) is 4. The van der Waals surface area contributed by atoms with E-state index in [0.29, 0.717) is 18.6 Å². The Balaban J connectivity index is 1.54. The zero-order chi connectivity index (χ0) is 25.7. The Morgan fingerprint density at radius 1 is 0.944 bits per heavy atom. The number of nitrogens with one attached hydrogen (secondary N) is 2. The number of hydrogen-bond donors (Lipinski definition) is 3. The molecule has 0 saturated carbocycles. The number of carbonyl (C=O) groups excluding carboxylic acids is 2. The molecule has 6 nitrogen and oxygen atoms in total. The number of fused-ring (bicyclic) bond motifs is 3. The van der Waals surface area contributed by atoms with Crippen LogP contribution in [0.5, 0.6) is 11.5 Å². The molecule has 0 atom stereocenters. The number of unbranched alkanes of at least 4 members (excludes halogenated alkanes) is 2. The smallest absolute Gasteiger partial charge is 0.322 e. The molecular weight excluding hydrogens is 452 g/mol.